The third kappa shape index (κ3) is 2.90. The van der Waals surface area contributed by atoms with Crippen LogP contribution in [0.3, 0.4) is 0 Å². The van der Waals surface area contributed by atoms with Crippen LogP contribution in [-0.2, 0) is 0 Å². The quantitative estimate of drug-likeness (QED) is 0.747. The van der Waals surface area contributed by atoms with Gasteiger partial charge in [0.25, 0.3) is 0 Å². The van der Waals surface area contributed by atoms with E-state index in [4.69, 9.17) is 0 Å². The fourth-order valence-corrected chi connectivity index (χ4v) is 2.09. The van der Waals surface area contributed by atoms with Gasteiger partial charge in [-0.3, -0.25) is 4.79 Å². The number of rotatable bonds is 4. The maximum absolute atomic E-state index is 12.9. The standard InChI is InChI=1S/C17H15FO/c1-3-15(13-8-10-14(18)11-9-13)17(19)16-7-5-4-6-12(16)2/h4-11,15H,1-3H2. The Kier molecular flexibility index (Phi) is 4.10. The van der Waals surface area contributed by atoms with Gasteiger partial charge in [0, 0.05) is 11.5 Å². The number of ketones is 1. The fourth-order valence-electron chi connectivity index (χ4n) is 2.09. The molecule has 0 saturated heterocycles. The number of carbonyl (C=O) groups is 1. The molecule has 1 atom stereocenters. The van der Waals surface area contributed by atoms with E-state index in [-0.39, 0.29) is 17.5 Å². The molecule has 0 bridgehead atoms. The topological polar surface area (TPSA) is 17.1 Å². The largest absolute Gasteiger partial charge is 0.293 e. The van der Waals surface area contributed by atoms with E-state index < -0.39 is 0 Å². The SMILES string of the molecule is [CH2]CC(C(=O)c1ccccc1[CH2])c1ccc(F)cc1. The maximum atomic E-state index is 12.9. The van der Waals surface area contributed by atoms with Gasteiger partial charge < -0.3 is 0 Å². The highest BCUT2D eigenvalue weighted by Gasteiger charge is 2.21. The molecule has 0 N–H and O–H groups in total. The van der Waals surface area contributed by atoms with Crippen LogP contribution in [-0.4, -0.2) is 5.78 Å². The summed E-state index contributed by atoms with van der Waals surface area (Å²) in [7, 11) is 0. The summed E-state index contributed by atoms with van der Waals surface area (Å²) in [5.41, 5.74) is 2.08. The van der Waals surface area contributed by atoms with E-state index in [2.05, 4.69) is 13.8 Å². The summed E-state index contributed by atoms with van der Waals surface area (Å²) >= 11 is 0. The van der Waals surface area contributed by atoms with Gasteiger partial charge in [0.2, 0.25) is 0 Å². The van der Waals surface area contributed by atoms with E-state index >= 15 is 0 Å². The van der Waals surface area contributed by atoms with Crippen molar-refractivity contribution in [2.45, 2.75) is 12.3 Å². The maximum Gasteiger partial charge on any atom is 0.170 e. The van der Waals surface area contributed by atoms with Crippen LogP contribution >= 0.6 is 0 Å². The zero-order valence-corrected chi connectivity index (χ0v) is 10.6. The van der Waals surface area contributed by atoms with Crippen LogP contribution in [0.15, 0.2) is 48.5 Å². The molecule has 0 heterocycles. The molecule has 1 unspecified atom stereocenters. The van der Waals surface area contributed by atoms with Gasteiger partial charge in [-0.2, -0.15) is 0 Å². The first-order valence-corrected chi connectivity index (χ1v) is 6.13. The lowest BCUT2D eigenvalue weighted by molar-refractivity contribution is 0.0959. The molecule has 2 aromatic rings. The Morgan fingerprint density at radius 3 is 2.32 bits per heavy atom. The molecule has 0 amide bonds. The second-order valence-electron chi connectivity index (χ2n) is 4.41. The van der Waals surface area contributed by atoms with Gasteiger partial charge in [-0.15, -0.1) is 0 Å². The highest BCUT2D eigenvalue weighted by Crippen LogP contribution is 2.25. The van der Waals surface area contributed by atoms with Crippen LogP contribution in [0.25, 0.3) is 0 Å². The van der Waals surface area contributed by atoms with Crippen LogP contribution in [0.5, 0.6) is 0 Å². The normalized spacial score (nSPS) is 12.2. The van der Waals surface area contributed by atoms with Crippen molar-refractivity contribution in [1.82, 2.24) is 0 Å². The first-order chi connectivity index (χ1) is 9.13. The molecule has 96 valence electrons. The number of carbonyl (C=O) groups excluding carboxylic acids is 1. The molecule has 19 heavy (non-hydrogen) atoms. The molecule has 0 spiro atoms. The fraction of sp³-hybridized carbons (Fsp3) is 0.118. The molecule has 0 aliphatic rings. The van der Waals surface area contributed by atoms with E-state index in [0.717, 1.165) is 5.56 Å². The molecule has 0 fully saturated rings. The minimum atomic E-state index is -0.358. The highest BCUT2D eigenvalue weighted by atomic mass is 19.1. The minimum absolute atomic E-state index is 0.0211. The van der Waals surface area contributed by atoms with Crippen LogP contribution in [0, 0.1) is 19.7 Å². The van der Waals surface area contributed by atoms with E-state index in [9.17, 15) is 9.18 Å². The number of benzene rings is 2. The van der Waals surface area contributed by atoms with Gasteiger partial charge >= 0.3 is 0 Å². The second kappa shape index (κ2) is 5.79. The van der Waals surface area contributed by atoms with Gasteiger partial charge in [-0.05, 0) is 36.6 Å². The van der Waals surface area contributed by atoms with E-state index in [0.29, 0.717) is 17.5 Å². The van der Waals surface area contributed by atoms with Gasteiger partial charge in [0.15, 0.2) is 5.78 Å². The van der Waals surface area contributed by atoms with E-state index in [1.807, 2.05) is 12.1 Å². The van der Waals surface area contributed by atoms with Crippen molar-refractivity contribution in [3.63, 3.8) is 0 Å². The highest BCUT2D eigenvalue weighted by molar-refractivity contribution is 6.02. The summed E-state index contributed by atoms with van der Waals surface area (Å²) in [5, 5.41) is 0. The van der Waals surface area contributed by atoms with E-state index in [1.165, 1.54) is 12.1 Å². The summed E-state index contributed by atoms with van der Waals surface area (Å²) in [6, 6.07) is 13.2. The van der Waals surface area contributed by atoms with Crippen LogP contribution in [0.4, 0.5) is 4.39 Å². The first kappa shape index (κ1) is 13.5. The minimum Gasteiger partial charge on any atom is -0.293 e. The average Bonchev–Trinajstić information content (AvgIpc) is 2.42. The molecular weight excluding hydrogens is 239 g/mol. The molecule has 2 rings (SSSR count). The molecule has 0 aliphatic carbocycles. The third-order valence-electron chi connectivity index (χ3n) is 3.16. The van der Waals surface area contributed by atoms with Crippen LogP contribution in [0.2, 0.25) is 0 Å². The second-order valence-corrected chi connectivity index (χ2v) is 4.41. The van der Waals surface area contributed by atoms with Crippen molar-refractivity contribution < 1.29 is 9.18 Å². The number of halogens is 1. The van der Waals surface area contributed by atoms with Crippen molar-refractivity contribution in [1.29, 1.82) is 0 Å². The molecule has 1 nitrogen and oxygen atoms in total. The summed E-state index contributed by atoms with van der Waals surface area (Å²) in [5.74, 6) is -0.688. The van der Waals surface area contributed by atoms with E-state index in [1.54, 1.807) is 24.3 Å². The summed E-state index contributed by atoms with van der Waals surface area (Å²) in [4.78, 5) is 12.5. The van der Waals surface area contributed by atoms with Crippen molar-refractivity contribution in [3.8, 4) is 0 Å². The lowest BCUT2D eigenvalue weighted by Gasteiger charge is -2.15. The molecule has 2 aromatic carbocycles. The Labute approximate surface area is 113 Å². The Morgan fingerprint density at radius 2 is 1.74 bits per heavy atom. The third-order valence-corrected chi connectivity index (χ3v) is 3.16. The first-order valence-electron chi connectivity index (χ1n) is 6.13. The lowest BCUT2D eigenvalue weighted by Crippen LogP contribution is -2.13. The summed E-state index contributed by atoms with van der Waals surface area (Å²) in [6.07, 6.45) is 0.429. The lowest BCUT2D eigenvalue weighted by atomic mass is 9.87. The smallest absolute Gasteiger partial charge is 0.170 e. The zero-order chi connectivity index (χ0) is 13.8. The van der Waals surface area contributed by atoms with Gasteiger partial charge in [0.05, 0.1) is 0 Å². The Hall–Kier alpha value is -1.96. The van der Waals surface area contributed by atoms with Gasteiger partial charge in [0.1, 0.15) is 5.82 Å². The van der Waals surface area contributed by atoms with Crippen molar-refractivity contribution in [2.24, 2.45) is 0 Å². The molecule has 2 radical (unpaired) electrons. The summed E-state index contributed by atoms with van der Waals surface area (Å²) in [6.45, 7) is 7.69. The predicted molar refractivity (Wildman–Crippen MR) is 74.3 cm³/mol. The number of Topliss-reactive ketones (excluding diaryl/α,β-unsaturated/α-hetero) is 1. The Morgan fingerprint density at radius 1 is 1.11 bits per heavy atom. The predicted octanol–water partition coefficient (Wildman–Crippen LogP) is 4.20. The average molecular weight is 254 g/mol. The molecule has 2 heteroatoms. The summed E-state index contributed by atoms with van der Waals surface area (Å²) < 4.78 is 12.9. The van der Waals surface area contributed by atoms with Crippen LogP contribution in [0.1, 0.15) is 33.8 Å². The molecular formula is C17H15FO. The molecule has 0 saturated carbocycles. The number of hydrogen-bond acceptors (Lipinski definition) is 1. The van der Waals surface area contributed by atoms with Crippen LogP contribution < -0.4 is 0 Å². The molecule has 0 aromatic heterocycles. The Bertz CT molecular complexity index is 572. The van der Waals surface area contributed by atoms with Crippen molar-refractivity contribution in [3.05, 3.63) is 84.9 Å². The van der Waals surface area contributed by atoms with Crippen molar-refractivity contribution in [2.75, 3.05) is 0 Å². The zero-order valence-electron chi connectivity index (χ0n) is 10.6. The van der Waals surface area contributed by atoms with Crippen molar-refractivity contribution >= 4 is 5.78 Å². The van der Waals surface area contributed by atoms with Gasteiger partial charge in [-0.25, -0.2) is 4.39 Å². The molecule has 0 aliphatic heterocycles. The monoisotopic (exact) mass is 254 g/mol. The van der Waals surface area contributed by atoms with Gasteiger partial charge in [-0.1, -0.05) is 43.3 Å². The Balaban J connectivity index is 2.35. The number of hydrogen-bond donors (Lipinski definition) is 0.